The van der Waals surface area contributed by atoms with Gasteiger partial charge in [-0.15, -0.1) is 0 Å². The third kappa shape index (κ3) is 1.90. The van der Waals surface area contributed by atoms with Crippen LogP contribution in [0.15, 0.2) is 42.5 Å². The summed E-state index contributed by atoms with van der Waals surface area (Å²) in [6.07, 6.45) is 0. The van der Waals surface area contributed by atoms with Gasteiger partial charge in [0.05, 0.1) is 10.5 Å². The van der Waals surface area contributed by atoms with Gasteiger partial charge in [-0.1, -0.05) is 35.9 Å². The molecular formula is C12H7ClNO2. The molecule has 16 heavy (non-hydrogen) atoms. The molecule has 4 heteroatoms. The van der Waals surface area contributed by atoms with E-state index in [1.807, 2.05) is 0 Å². The summed E-state index contributed by atoms with van der Waals surface area (Å²) in [5.74, 6) is 0. The average Bonchev–Trinajstić information content (AvgIpc) is 2.29. The maximum atomic E-state index is 10.8. The number of benzene rings is 2. The molecule has 0 heterocycles. The molecule has 0 saturated heterocycles. The lowest BCUT2D eigenvalue weighted by Gasteiger charge is -2.04. The van der Waals surface area contributed by atoms with Gasteiger partial charge in [-0.3, -0.25) is 10.1 Å². The SMILES string of the molecule is O=[N+]([O-])c1c[c]ccc1-c1ccccc1Cl. The van der Waals surface area contributed by atoms with Crippen LogP contribution in [0, 0.1) is 16.2 Å². The zero-order chi connectivity index (χ0) is 11.5. The lowest BCUT2D eigenvalue weighted by Crippen LogP contribution is -1.91. The number of halogens is 1. The van der Waals surface area contributed by atoms with E-state index in [1.165, 1.54) is 6.07 Å². The second-order valence-corrected chi connectivity index (χ2v) is 3.59. The maximum Gasteiger partial charge on any atom is 0.277 e. The summed E-state index contributed by atoms with van der Waals surface area (Å²) in [5, 5.41) is 11.3. The third-order valence-corrected chi connectivity index (χ3v) is 2.53. The van der Waals surface area contributed by atoms with Crippen LogP contribution in [0.5, 0.6) is 0 Å². The standard InChI is InChI=1S/C12H7ClNO2/c13-11-7-3-1-5-9(11)10-6-2-4-8-12(10)14(15)16/h1-3,5-8H. The van der Waals surface area contributed by atoms with Crippen LogP contribution in [-0.2, 0) is 0 Å². The number of hydrogen-bond donors (Lipinski definition) is 0. The molecule has 0 aliphatic heterocycles. The molecule has 0 aliphatic rings. The van der Waals surface area contributed by atoms with Gasteiger partial charge in [-0.05, 0) is 18.2 Å². The first-order valence-electron chi connectivity index (χ1n) is 4.59. The first-order valence-corrected chi connectivity index (χ1v) is 4.97. The van der Waals surface area contributed by atoms with Crippen molar-refractivity contribution in [2.24, 2.45) is 0 Å². The zero-order valence-corrected chi connectivity index (χ0v) is 8.94. The molecule has 0 atom stereocenters. The monoisotopic (exact) mass is 232 g/mol. The molecule has 0 aromatic heterocycles. The van der Waals surface area contributed by atoms with Gasteiger partial charge in [0.25, 0.3) is 5.69 Å². The fourth-order valence-electron chi connectivity index (χ4n) is 1.48. The highest BCUT2D eigenvalue weighted by molar-refractivity contribution is 6.33. The normalized spacial score (nSPS) is 10.1. The van der Waals surface area contributed by atoms with E-state index in [9.17, 15) is 10.1 Å². The van der Waals surface area contributed by atoms with Crippen molar-refractivity contribution in [3.63, 3.8) is 0 Å². The van der Waals surface area contributed by atoms with Crippen LogP contribution in [0.4, 0.5) is 5.69 Å². The van der Waals surface area contributed by atoms with Crippen LogP contribution >= 0.6 is 11.6 Å². The summed E-state index contributed by atoms with van der Waals surface area (Å²) >= 11 is 6.00. The summed E-state index contributed by atoms with van der Waals surface area (Å²) in [7, 11) is 0. The Bertz CT molecular complexity index is 540. The van der Waals surface area contributed by atoms with Crippen molar-refractivity contribution in [3.05, 3.63) is 63.7 Å². The van der Waals surface area contributed by atoms with Crippen molar-refractivity contribution < 1.29 is 4.92 Å². The Morgan fingerprint density at radius 3 is 2.62 bits per heavy atom. The van der Waals surface area contributed by atoms with E-state index >= 15 is 0 Å². The van der Waals surface area contributed by atoms with Crippen LogP contribution in [0.1, 0.15) is 0 Å². The van der Waals surface area contributed by atoms with Gasteiger partial charge in [0, 0.05) is 16.7 Å². The Balaban J connectivity index is 2.65. The van der Waals surface area contributed by atoms with Crippen LogP contribution < -0.4 is 0 Å². The molecule has 1 radical (unpaired) electrons. The molecule has 2 rings (SSSR count). The number of nitrogens with zero attached hydrogens (tertiary/aromatic N) is 1. The molecule has 0 fully saturated rings. The Kier molecular flexibility index (Phi) is 2.88. The minimum absolute atomic E-state index is 0.00981. The third-order valence-electron chi connectivity index (χ3n) is 2.20. The van der Waals surface area contributed by atoms with Crippen molar-refractivity contribution >= 4 is 17.3 Å². The van der Waals surface area contributed by atoms with E-state index in [1.54, 1.807) is 36.4 Å². The van der Waals surface area contributed by atoms with Crippen molar-refractivity contribution in [1.82, 2.24) is 0 Å². The average molecular weight is 233 g/mol. The lowest BCUT2D eigenvalue weighted by atomic mass is 10.0. The van der Waals surface area contributed by atoms with E-state index in [2.05, 4.69) is 6.07 Å². The Morgan fingerprint density at radius 1 is 1.19 bits per heavy atom. The Morgan fingerprint density at radius 2 is 1.94 bits per heavy atom. The largest absolute Gasteiger partial charge is 0.277 e. The first kappa shape index (κ1) is 10.6. The maximum absolute atomic E-state index is 10.8. The highest BCUT2D eigenvalue weighted by Crippen LogP contribution is 2.33. The first-order chi connectivity index (χ1) is 7.70. The fraction of sp³-hybridized carbons (Fsp3) is 0. The molecule has 2 aromatic carbocycles. The van der Waals surface area contributed by atoms with Crippen LogP contribution in [0.2, 0.25) is 5.02 Å². The predicted octanol–water partition coefficient (Wildman–Crippen LogP) is 3.72. The predicted molar refractivity (Wildman–Crippen MR) is 62.4 cm³/mol. The summed E-state index contributed by atoms with van der Waals surface area (Å²) < 4.78 is 0. The minimum atomic E-state index is -0.435. The Labute approximate surface area is 97.4 Å². The summed E-state index contributed by atoms with van der Waals surface area (Å²) in [4.78, 5) is 10.4. The number of nitro benzene ring substituents is 1. The van der Waals surface area contributed by atoms with E-state index in [-0.39, 0.29) is 5.69 Å². The second kappa shape index (κ2) is 4.33. The highest BCUT2D eigenvalue weighted by atomic mass is 35.5. The molecular weight excluding hydrogens is 226 g/mol. The molecule has 2 aromatic rings. The van der Waals surface area contributed by atoms with Gasteiger partial charge in [0.2, 0.25) is 0 Å². The molecule has 0 spiro atoms. The van der Waals surface area contributed by atoms with Crippen LogP contribution in [-0.4, -0.2) is 4.92 Å². The van der Waals surface area contributed by atoms with Crippen molar-refractivity contribution in [3.8, 4) is 11.1 Å². The number of rotatable bonds is 2. The fourth-order valence-corrected chi connectivity index (χ4v) is 1.72. The quantitative estimate of drug-likeness (QED) is 0.585. The minimum Gasteiger partial charge on any atom is -0.258 e. The van der Waals surface area contributed by atoms with Gasteiger partial charge < -0.3 is 0 Å². The highest BCUT2D eigenvalue weighted by Gasteiger charge is 2.15. The molecule has 79 valence electrons. The van der Waals surface area contributed by atoms with Gasteiger partial charge >= 0.3 is 0 Å². The van der Waals surface area contributed by atoms with E-state index in [0.717, 1.165) is 0 Å². The van der Waals surface area contributed by atoms with Crippen molar-refractivity contribution in [1.29, 1.82) is 0 Å². The van der Waals surface area contributed by atoms with Gasteiger partial charge in [-0.2, -0.15) is 0 Å². The van der Waals surface area contributed by atoms with E-state index in [0.29, 0.717) is 16.1 Å². The van der Waals surface area contributed by atoms with Gasteiger partial charge in [0.1, 0.15) is 0 Å². The molecule has 0 unspecified atom stereocenters. The van der Waals surface area contributed by atoms with Crippen molar-refractivity contribution in [2.45, 2.75) is 0 Å². The topological polar surface area (TPSA) is 43.1 Å². The molecule has 0 amide bonds. The second-order valence-electron chi connectivity index (χ2n) is 3.18. The summed E-state index contributed by atoms with van der Waals surface area (Å²) in [5.41, 5.74) is 1.18. The lowest BCUT2D eigenvalue weighted by molar-refractivity contribution is -0.384. The summed E-state index contributed by atoms with van der Waals surface area (Å²) in [6, 6.07) is 14.3. The van der Waals surface area contributed by atoms with Gasteiger partial charge in [0.15, 0.2) is 0 Å². The smallest absolute Gasteiger partial charge is 0.258 e. The molecule has 0 N–H and O–H groups in total. The van der Waals surface area contributed by atoms with Crippen LogP contribution in [0.3, 0.4) is 0 Å². The summed E-state index contributed by atoms with van der Waals surface area (Å²) in [6.45, 7) is 0. The number of hydrogen-bond acceptors (Lipinski definition) is 2. The number of nitro groups is 1. The van der Waals surface area contributed by atoms with Crippen molar-refractivity contribution in [2.75, 3.05) is 0 Å². The Hall–Kier alpha value is -1.87. The van der Waals surface area contributed by atoms with Gasteiger partial charge in [-0.25, -0.2) is 0 Å². The molecule has 3 nitrogen and oxygen atoms in total. The molecule has 0 bridgehead atoms. The van der Waals surface area contributed by atoms with E-state index in [4.69, 9.17) is 11.6 Å². The molecule has 0 aliphatic carbocycles. The van der Waals surface area contributed by atoms with Crippen LogP contribution in [0.25, 0.3) is 11.1 Å². The van der Waals surface area contributed by atoms with E-state index < -0.39 is 4.92 Å². The zero-order valence-electron chi connectivity index (χ0n) is 8.18. The molecule has 0 saturated carbocycles.